The zero-order valence-electron chi connectivity index (χ0n) is 16.1. The molecule has 9 heteroatoms. The van der Waals surface area contributed by atoms with Crippen LogP contribution in [-0.2, 0) is 13.1 Å². The molecule has 3 rings (SSSR count). The van der Waals surface area contributed by atoms with Gasteiger partial charge >= 0.3 is 0 Å². The molecule has 2 heterocycles. The summed E-state index contributed by atoms with van der Waals surface area (Å²) < 4.78 is 0. The van der Waals surface area contributed by atoms with Crippen LogP contribution >= 0.6 is 36.2 Å². The van der Waals surface area contributed by atoms with Crippen LogP contribution in [0.3, 0.4) is 0 Å². The molecule has 1 aromatic carbocycles. The standard InChI is InChI=1S/C19H27N5OS.2ClH/c1-22(14-16-5-3-2-4-6-16)7-8-23-9-11-24(12-10-23)19(25)17-15-26-18(13-20)21-17;;/h2-6,15H,7-14,20H2,1H3;2*1H. The summed E-state index contributed by atoms with van der Waals surface area (Å²) in [7, 11) is 2.16. The molecule has 2 N–H and O–H groups in total. The van der Waals surface area contributed by atoms with E-state index in [0.717, 1.165) is 50.8 Å². The molecular formula is C19H29Cl2N5OS. The maximum absolute atomic E-state index is 12.5. The third-order valence-corrected chi connectivity index (χ3v) is 5.57. The summed E-state index contributed by atoms with van der Waals surface area (Å²) in [6, 6.07) is 10.5. The first-order valence-corrected chi connectivity index (χ1v) is 9.92. The third kappa shape index (κ3) is 6.99. The Hall–Kier alpha value is -1.22. The summed E-state index contributed by atoms with van der Waals surface area (Å²) in [5.74, 6) is 0.0294. The summed E-state index contributed by atoms with van der Waals surface area (Å²) >= 11 is 1.45. The lowest BCUT2D eigenvalue weighted by Crippen LogP contribution is -2.50. The van der Waals surface area contributed by atoms with E-state index in [0.29, 0.717) is 12.2 Å². The summed E-state index contributed by atoms with van der Waals surface area (Å²) in [5, 5.41) is 2.63. The molecule has 0 spiro atoms. The van der Waals surface area contributed by atoms with Crippen molar-refractivity contribution in [3.8, 4) is 0 Å². The Morgan fingerprint density at radius 3 is 2.46 bits per heavy atom. The van der Waals surface area contributed by atoms with Crippen molar-refractivity contribution in [2.24, 2.45) is 5.73 Å². The van der Waals surface area contributed by atoms with E-state index in [1.165, 1.54) is 16.9 Å². The van der Waals surface area contributed by atoms with E-state index in [-0.39, 0.29) is 30.7 Å². The smallest absolute Gasteiger partial charge is 0.273 e. The molecule has 1 fully saturated rings. The number of nitrogens with two attached hydrogens (primary N) is 1. The molecule has 0 aliphatic carbocycles. The van der Waals surface area contributed by atoms with Crippen LogP contribution in [0.1, 0.15) is 21.1 Å². The summed E-state index contributed by atoms with van der Waals surface area (Å²) in [6.07, 6.45) is 0. The predicted octanol–water partition coefficient (Wildman–Crippen LogP) is 2.34. The Balaban J connectivity index is 0.00000196. The van der Waals surface area contributed by atoms with Gasteiger partial charge in [0.25, 0.3) is 5.91 Å². The summed E-state index contributed by atoms with van der Waals surface area (Å²) in [6.45, 7) is 6.76. The highest BCUT2D eigenvalue weighted by molar-refractivity contribution is 7.09. The zero-order valence-corrected chi connectivity index (χ0v) is 18.6. The number of amides is 1. The number of thiazole rings is 1. The number of rotatable bonds is 7. The van der Waals surface area contributed by atoms with Gasteiger partial charge in [0.05, 0.1) is 0 Å². The average molecular weight is 446 g/mol. The van der Waals surface area contributed by atoms with E-state index in [1.54, 1.807) is 0 Å². The average Bonchev–Trinajstić information content (AvgIpc) is 3.16. The maximum atomic E-state index is 12.5. The van der Waals surface area contributed by atoms with Crippen LogP contribution in [0.5, 0.6) is 0 Å². The maximum Gasteiger partial charge on any atom is 0.273 e. The topological polar surface area (TPSA) is 65.7 Å². The Labute approximate surface area is 183 Å². The van der Waals surface area contributed by atoms with Gasteiger partial charge in [0.15, 0.2) is 0 Å². The van der Waals surface area contributed by atoms with Crippen LogP contribution in [0.15, 0.2) is 35.7 Å². The van der Waals surface area contributed by atoms with E-state index >= 15 is 0 Å². The highest BCUT2D eigenvalue weighted by atomic mass is 35.5. The first-order chi connectivity index (χ1) is 12.7. The van der Waals surface area contributed by atoms with Crippen molar-refractivity contribution in [3.05, 3.63) is 52.0 Å². The number of aromatic nitrogens is 1. The fraction of sp³-hybridized carbons (Fsp3) is 0.474. The van der Waals surface area contributed by atoms with Crippen molar-refractivity contribution in [3.63, 3.8) is 0 Å². The van der Waals surface area contributed by atoms with Gasteiger partial charge < -0.3 is 15.5 Å². The first kappa shape index (κ1) is 24.8. The number of piperazine rings is 1. The number of hydrogen-bond acceptors (Lipinski definition) is 6. The first-order valence-electron chi connectivity index (χ1n) is 9.04. The number of likely N-dealkylation sites (N-methyl/N-ethyl adjacent to an activating group) is 1. The molecule has 0 bridgehead atoms. The molecule has 156 valence electrons. The minimum Gasteiger partial charge on any atom is -0.335 e. The molecule has 1 saturated heterocycles. The highest BCUT2D eigenvalue weighted by Crippen LogP contribution is 2.13. The van der Waals surface area contributed by atoms with E-state index in [2.05, 4.69) is 46.1 Å². The van der Waals surface area contributed by atoms with Crippen LogP contribution in [0.2, 0.25) is 0 Å². The minimum absolute atomic E-state index is 0. The van der Waals surface area contributed by atoms with Gasteiger partial charge in [-0.25, -0.2) is 4.98 Å². The molecular weight excluding hydrogens is 417 g/mol. The van der Waals surface area contributed by atoms with Crippen LogP contribution in [0.25, 0.3) is 0 Å². The SMILES string of the molecule is CN(CCN1CCN(C(=O)c2csc(CN)n2)CC1)Cc1ccccc1.Cl.Cl. The van der Waals surface area contributed by atoms with Gasteiger partial charge in [-0.1, -0.05) is 30.3 Å². The monoisotopic (exact) mass is 445 g/mol. The number of benzene rings is 1. The predicted molar refractivity (Wildman–Crippen MR) is 120 cm³/mol. The van der Waals surface area contributed by atoms with Crippen molar-refractivity contribution in [2.45, 2.75) is 13.1 Å². The molecule has 6 nitrogen and oxygen atoms in total. The minimum atomic E-state index is 0. The molecule has 28 heavy (non-hydrogen) atoms. The number of hydrogen-bond donors (Lipinski definition) is 1. The Morgan fingerprint density at radius 2 is 1.86 bits per heavy atom. The molecule has 0 atom stereocenters. The molecule has 1 amide bonds. The van der Waals surface area contributed by atoms with Crippen molar-refractivity contribution in [2.75, 3.05) is 46.3 Å². The van der Waals surface area contributed by atoms with Gasteiger partial charge in [0.1, 0.15) is 10.7 Å². The fourth-order valence-electron chi connectivity index (χ4n) is 3.13. The van der Waals surface area contributed by atoms with Gasteiger partial charge in [0.2, 0.25) is 0 Å². The largest absolute Gasteiger partial charge is 0.335 e. The zero-order chi connectivity index (χ0) is 18.4. The number of nitrogens with zero attached hydrogens (tertiary/aromatic N) is 4. The molecule has 1 aliphatic rings. The Morgan fingerprint density at radius 1 is 1.18 bits per heavy atom. The van der Waals surface area contributed by atoms with Crippen LogP contribution in [0, 0.1) is 0 Å². The quantitative estimate of drug-likeness (QED) is 0.708. The van der Waals surface area contributed by atoms with Crippen LogP contribution < -0.4 is 5.73 Å². The lowest BCUT2D eigenvalue weighted by Gasteiger charge is -2.35. The van der Waals surface area contributed by atoms with Gasteiger partial charge in [0, 0.05) is 57.7 Å². The van der Waals surface area contributed by atoms with E-state index in [9.17, 15) is 4.79 Å². The second-order valence-corrected chi connectivity index (χ2v) is 7.63. The number of carbonyl (C=O) groups is 1. The van der Waals surface area contributed by atoms with Crippen LogP contribution in [0.4, 0.5) is 0 Å². The van der Waals surface area contributed by atoms with E-state index < -0.39 is 0 Å². The Bertz CT molecular complexity index is 707. The molecule has 1 aromatic heterocycles. The van der Waals surface area contributed by atoms with Crippen molar-refractivity contribution < 1.29 is 4.79 Å². The molecule has 0 saturated carbocycles. The normalized spacial score (nSPS) is 14.5. The molecule has 1 aliphatic heterocycles. The van der Waals surface area contributed by atoms with Gasteiger partial charge in [-0.3, -0.25) is 9.69 Å². The number of carbonyl (C=O) groups excluding carboxylic acids is 1. The van der Waals surface area contributed by atoms with Crippen LogP contribution in [-0.4, -0.2) is 71.9 Å². The lowest BCUT2D eigenvalue weighted by atomic mass is 10.2. The van der Waals surface area contributed by atoms with Crippen molar-refractivity contribution >= 4 is 42.1 Å². The van der Waals surface area contributed by atoms with Gasteiger partial charge in [-0.2, -0.15) is 0 Å². The van der Waals surface area contributed by atoms with Gasteiger partial charge in [-0.05, 0) is 12.6 Å². The van der Waals surface area contributed by atoms with Crippen molar-refractivity contribution in [1.82, 2.24) is 19.7 Å². The fourth-order valence-corrected chi connectivity index (χ4v) is 3.77. The molecule has 2 aromatic rings. The second-order valence-electron chi connectivity index (χ2n) is 6.69. The Kier molecular flexibility index (Phi) is 11.0. The number of halogens is 2. The third-order valence-electron chi connectivity index (χ3n) is 4.70. The molecule has 0 unspecified atom stereocenters. The van der Waals surface area contributed by atoms with E-state index in [4.69, 9.17) is 5.73 Å². The molecule has 0 radical (unpaired) electrons. The second kappa shape index (κ2) is 12.4. The van der Waals surface area contributed by atoms with E-state index in [1.807, 2.05) is 16.3 Å². The van der Waals surface area contributed by atoms with Crippen molar-refractivity contribution in [1.29, 1.82) is 0 Å². The highest BCUT2D eigenvalue weighted by Gasteiger charge is 2.23. The lowest BCUT2D eigenvalue weighted by molar-refractivity contribution is 0.0621. The summed E-state index contributed by atoms with van der Waals surface area (Å²) in [4.78, 5) is 23.5. The van der Waals surface area contributed by atoms with Gasteiger partial charge in [-0.15, -0.1) is 36.2 Å². The summed E-state index contributed by atoms with van der Waals surface area (Å²) in [5.41, 5.74) is 7.45.